The molecule has 1 aliphatic heterocycles. The maximum absolute atomic E-state index is 9.18. The van der Waals surface area contributed by atoms with Crippen molar-refractivity contribution in [3.63, 3.8) is 0 Å². The molecule has 0 aromatic carbocycles. The molecule has 1 aliphatic rings. The molecule has 4 atom stereocenters. The molecule has 0 aromatic rings. The van der Waals surface area contributed by atoms with E-state index in [-0.39, 0.29) is 25.6 Å². The topological polar surface area (TPSA) is 93.0 Å². The van der Waals surface area contributed by atoms with Crippen LogP contribution in [0.5, 0.6) is 0 Å². The monoisotopic (exact) mass is 200 g/mol. The molecule has 0 amide bonds. The molecule has 1 heterocycles. The molecule has 0 bridgehead atoms. The van der Waals surface area contributed by atoms with Crippen LogP contribution in [0.4, 0.5) is 0 Å². The molecule has 0 aromatic heterocycles. The van der Waals surface area contributed by atoms with Crippen molar-refractivity contribution in [3.05, 3.63) is 0 Å². The Balaban J connectivity index is 0.00000121. The van der Waals surface area contributed by atoms with Crippen LogP contribution in [0.15, 0.2) is 0 Å². The molecule has 1 fully saturated rings. The Labute approximate surface area is 76.4 Å². The predicted molar refractivity (Wildman–Crippen MR) is 44.1 cm³/mol. The molecule has 5 nitrogen and oxygen atoms in total. The van der Waals surface area contributed by atoms with E-state index in [9.17, 15) is 5.11 Å². The number of nitrogens with one attached hydrogen (secondary N) is 1. The summed E-state index contributed by atoms with van der Waals surface area (Å²) >= 11 is 0. The van der Waals surface area contributed by atoms with Gasteiger partial charge in [0.05, 0.1) is 24.9 Å². The van der Waals surface area contributed by atoms with Crippen molar-refractivity contribution in [2.45, 2.75) is 24.4 Å². The van der Waals surface area contributed by atoms with Crippen molar-refractivity contribution in [3.8, 4) is 0 Å². The van der Waals surface area contributed by atoms with Crippen molar-refractivity contribution in [1.82, 2.24) is 5.32 Å². The third kappa shape index (κ3) is 2.29. The molecule has 1 rings (SSSR count). The molecule has 0 spiro atoms. The zero-order chi connectivity index (χ0) is 8.43. The highest BCUT2D eigenvalue weighted by atomic mass is 35.5. The summed E-state index contributed by atoms with van der Waals surface area (Å²) in [5, 5.41) is 38.6. The van der Waals surface area contributed by atoms with Gasteiger partial charge in [-0.15, -0.1) is 12.4 Å². The largest absolute Gasteiger partial charge is 0.395 e. The van der Waals surface area contributed by atoms with E-state index in [1.165, 1.54) is 0 Å². The van der Waals surface area contributed by atoms with Crippen LogP contribution in [0.25, 0.3) is 0 Å². The smallest absolute Gasteiger partial charge is 0.109 e. The molecule has 6 heteroatoms. The Kier molecular flexibility index (Phi) is 5.00. The maximum atomic E-state index is 9.18. The minimum absolute atomic E-state index is 0. The quantitative estimate of drug-likeness (QED) is 0.301. The molecule has 0 aliphatic carbocycles. The lowest BCUT2D eigenvalue weighted by atomic mass is 9.99. The van der Waals surface area contributed by atoms with Crippen LogP contribution >= 0.6 is 12.4 Å². The summed E-state index contributed by atoms with van der Waals surface area (Å²) in [5.41, 5.74) is 0. The number of hydrogen-bond donors (Lipinski definition) is 5. The Morgan fingerprint density at radius 2 is 1.75 bits per heavy atom. The standard InChI is InChI=1S/C6H13NO4.ClH/c8-2-3-5(10)6(11)4(9)1-7-3;/h3-11H,1-2H2;1H/t3?,4?,5-,6+;/m0./s1/i7+1;. The Bertz CT molecular complexity index is 135. The first-order valence-corrected chi connectivity index (χ1v) is 3.55. The summed E-state index contributed by atoms with van der Waals surface area (Å²) < 4.78 is 0. The Hall–Kier alpha value is 0.0900. The number of aliphatic hydroxyl groups excluding tert-OH is 4. The van der Waals surface area contributed by atoms with Gasteiger partial charge in [0.25, 0.3) is 0 Å². The fraction of sp³-hybridized carbons (Fsp3) is 1.00. The van der Waals surface area contributed by atoms with E-state index in [1.807, 2.05) is 0 Å². The average Bonchev–Trinajstić information content (AvgIpc) is 2.01. The Morgan fingerprint density at radius 1 is 1.17 bits per heavy atom. The number of β-amino-alcohol motifs (C(OH)–C–C–N with tert-alkyl or cyclic N) is 1. The minimum atomic E-state index is -1.16. The zero-order valence-electron chi connectivity index (χ0n) is 6.42. The number of rotatable bonds is 1. The van der Waals surface area contributed by atoms with E-state index in [1.54, 1.807) is 0 Å². The van der Waals surface area contributed by atoms with Gasteiger partial charge >= 0.3 is 0 Å². The van der Waals surface area contributed by atoms with Crippen LogP contribution in [0, 0.1) is 0 Å². The van der Waals surface area contributed by atoms with Crippen molar-refractivity contribution in [2.75, 3.05) is 13.2 Å². The molecular weight excluding hydrogens is 187 g/mol. The van der Waals surface area contributed by atoms with Gasteiger partial charge in [-0.1, -0.05) is 0 Å². The molecular formula is C6H14ClNO4. The predicted octanol–water partition coefficient (Wildman–Crippen LogP) is -2.54. The summed E-state index contributed by atoms with van der Waals surface area (Å²) in [7, 11) is 0. The first kappa shape index (κ1) is 12.1. The number of hydrogen-bond acceptors (Lipinski definition) is 5. The second-order valence-electron chi connectivity index (χ2n) is 2.75. The number of aliphatic hydroxyl groups is 4. The van der Waals surface area contributed by atoms with Crippen LogP contribution in [0.3, 0.4) is 0 Å². The van der Waals surface area contributed by atoms with Crippen molar-refractivity contribution in [1.29, 1.82) is 0 Å². The molecule has 0 radical (unpaired) electrons. The van der Waals surface area contributed by atoms with Gasteiger partial charge in [-0.2, -0.15) is 0 Å². The average molecular weight is 201 g/mol. The van der Waals surface area contributed by atoms with Crippen molar-refractivity contribution < 1.29 is 20.4 Å². The van der Waals surface area contributed by atoms with Gasteiger partial charge in [-0.25, -0.2) is 0 Å². The van der Waals surface area contributed by atoms with E-state index in [2.05, 4.69) is 5.32 Å². The summed E-state index contributed by atoms with van der Waals surface area (Å²) in [4.78, 5) is 0. The van der Waals surface area contributed by atoms with Gasteiger partial charge in [-0.05, 0) is 0 Å². The van der Waals surface area contributed by atoms with Crippen molar-refractivity contribution in [2.24, 2.45) is 0 Å². The Morgan fingerprint density at radius 3 is 2.25 bits per heavy atom. The van der Waals surface area contributed by atoms with Gasteiger partial charge in [0.1, 0.15) is 6.10 Å². The van der Waals surface area contributed by atoms with Gasteiger partial charge in [0.2, 0.25) is 0 Å². The normalized spacial score (nSPS) is 42.0. The van der Waals surface area contributed by atoms with E-state index in [0.29, 0.717) is 0 Å². The summed E-state index contributed by atoms with van der Waals surface area (Å²) in [6.07, 6.45) is -3.20. The fourth-order valence-electron chi connectivity index (χ4n) is 1.15. The van der Waals surface area contributed by atoms with Crippen molar-refractivity contribution >= 4 is 12.4 Å². The van der Waals surface area contributed by atoms with E-state index in [4.69, 9.17) is 15.3 Å². The van der Waals surface area contributed by atoms with Gasteiger partial charge < -0.3 is 25.7 Å². The number of piperidine rings is 1. The third-order valence-electron chi connectivity index (χ3n) is 1.94. The number of halogens is 1. The maximum Gasteiger partial charge on any atom is 0.109 e. The first-order valence-electron chi connectivity index (χ1n) is 3.55. The molecule has 0 saturated carbocycles. The van der Waals surface area contributed by atoms with Crippen LogP contribution in [0.1, 0.15) is 0 Å². The molecule has 12 heavy (non-hydrogen) atoms. The van der Waals surface area contributed by atoms with Crippen LogP contribution < -0.4 is 5.32 Å². The fourth-order valence-corrected chi connectivity index (χ4v) is 1.15. The third-order valence-corrected chi connectivity index (χ3v) is 1.94. The van der Waals surface area contributed by atoms with Gasteiger partial charge in [0, 0.05) is 6.54 Å². The minimum Gasteiger partial charge on any atom is -0.395 e. The summed E-state index contributed by atoms with van der Waals surface area (Å²) in [6.45, 7) is -0.0472. The van der Waals surface area contributed by atoms with E-state index < -0.39 is 24.4 Å². The highest BCUT2D eigenvalue weighted by Gasteiger charge is 2.35. The second-order valence-corrected chi connectivity index (χ2v) is 2.75. The van der Waals surface area contributed by atoms with Crippen LogP contribution in [0.2, 0.25) is 0 Å². The second kappa shape index (κ2) is 4.96. The lowest BCUT2D eigenvalue weighted by molar-refractivity contribution is -0.101. The first-order chi connectivity index (χ1) is 5.16. The van der Waals surface area contributed by atoms with Crippen LogP contribution in [-0.4, -0.2) is 57.9 Å². The highest BCUT2D eigenvalue weighted by molar-refractivity contribution is 5.85. The van der Waals surface area contributed by atoms with Gasteiger partial charge in [0.15, 0.2) is 0 Å². The molecule has 1 saturated heterocycles. The lowest BCUT2D eigenvalue weighted by Crippen LogP contribution is -2.60. The van der Waals surface area contributed by atoms with E-state index >= 15 is 0 Å². The summed E-state index contributed by atoms with van der Waals surface area (Å²) in [6, 6.07) is -0.534. The van der Waals surface area contributed by atoms with Gasteiger partial charge in [-0.3, -0.25) is 0 Å². The van der Waals surface area contributed by atoms with E-state index in [0.717, 1.165) is 0 Å². The molecule has 2 unspecified atom stereocenters. The highest BCUT2D eigenvalue weighted by Crippen LogP contribution is 2.09. The summed E-state index contributed by atoms with van der Waals surface area (Å²) in [5.74, 6) is 0. The molecule has 5 N–H and O–H groups in total. The lowest BCUT2D eigenvalue weighted by Gasteiger charge is -2.34. The zero-order valence-corrected chi connectivity index (χ0v) is 7.24. The molecule has 74 valence electrons. The SMILES string of the molecule is Cl.OCC1[15NH]CC(O)[C@@H](O)[C@H]1O. The van der Waals surface area contributed by atoms with Crippen LogP contribution in [-0.2, 0) is 0 Å².